The van der Waals surface area contributed by atoms with Gasteiger partial charge in [-0.2, -0.15) is 0 Å². The van der Waals surface area contributed by atoms with Crippen molar-refractivity contribution in [2.24, 2.45) is 5.92 Å². The third kappa shape index (κ3) is 3.15. The van der Waals surface area contributed by atoms with Crippen molar-refractivity contribution in [1.82, 2.24) is 5.32 Å². The molecule has 19 heavy (non-hydrogen) atoms. The van der Waals surface area contributed by atoms with Crippen molar-refractivity contribution in [2.45, 2.75) is 32.2 Å². The largest absolute Gasteiger partial charge is 0.495 e. The molecule has 3 nitrogen and oxygen atoms in total. The van der Waals surface area contributed by atoms with Crippen LogP contribution in [-0.4, -0.2) is 20.8 Å². The molecule has 0 radical (unpaired) electrons. The Morgan fingerprint density at radius 1 is 1.32 bits per heavy atom. The Kier molecular flexibility index (Phi) is 4.94. The van der Waals surface area contributed by atoms with Crippen LogP contribution in [0.3, 0.4) is 0 Å². The van der Waals surface area contributed by atoms with E-state index in [2.05, 4.69) is 18.3 Å². The number of halogens is 1. The van der Waals surface area contributed by atoms with Crippen molar-refractivity contribution in [2.75, 3.05) is 20.8 Å². The van der Waals surface area contributed by atoms with Gasteiger partial charge in [0.25, 0.3) is 0 Å². The molecular formula is C15H22ClNO2. The first kappa shape index (κ1) is 14.5. The molecule has 0 aromatic heterocycles. The van der Waals surface area contributed by atoms with E-state index in [9.17, 15) is 0 Å². The second kappa shape index (κ2) is 6.49. The highest BCUT2D eigenvalue weighted by atomic mass is 35.5. The zero-order valence-corrected chi connectivity index (χ0v) is 12.6. The van der Waals surface area contributed by atoms with Crippen LogP contribution in [0.5, 0.6) is 11.5 Å². The van der Waals surface area contributed by atoms with Gasteiger partial charge in [-0.05, 0) is 43.9 Å². The molecule has 1 aromatic rings. The lowest BCUT2D eigenvalue weighted by atomic mass is 10.0. The van der Waals surface area contributed by atoms with Crippen molar-refractivity contribution in [3.8, 4) is 11.5 Å². The normalized spacial score (nSPS) is 16.2. The predicted octanol–water partition coefficient (Wildman–Crippen LogP) is 3.81. The van der Waals surface area contributed by atoms with Crippen molar-refractivity contribution >= 4 is 11.6 Å². The van der Waals surface area contributed by atoms with Crippen molar-refractivity contribution < 1.29 is 9.47 Å². The smallest absolute Gasteiger partial charge is 0.146 e. The zero-order chi connectivity index (χ0) is 13.8. The van der Waals surface area contributed by atoms with Crippen LogP contribution >= 0.6 is 11.6 Å². The molecule has 0 saturated heterocycles. The Morgan fingerprint density at radius 3 is 2.58 bits per heavy atom. The summed E-state index contributed by atoms with van der Waals surface area (Å²) >= 11 is 6.34. The first-order valence-corrected chi connectivity index (χ1v) is 7.24. The van der Waals surface area contributed by atoms with Crippen molar-refractivity contribution in [3.63, 3.8) is 0 Å². The molecule has 1 saturated carbocycles. The van der Waals surface area contributed by atoms with Gasteiger partial charge >= 0.3 is 0 Å². The Balaban J connectivity index is 2.32. The van der Waals surface area contributed by atoms with E-state index in [1.165, 1.54) is 12.8 Å². The number of rotatable bonds is 7. The van der Waals surface area contributed by atoms with Crippen LogP contribution in [0.1, 0.15) is 37.8 Å². The third-order valence-corrected chi connectivity index (χ3v) is 3.92. The molecule has 0 aliphatic heterocycles. The molecule has 0 heterocycles. The lowest BCUT2D eigenvalue weighted by Gasteiger charge is -2.22. The maximum absolute atomic E-state index is 6.34. The number of methoxy groups -OCH3 is 2. The van der Waals surface area contributed by atoms with Crippen LogP contribution in [-0.2, 0) is 0 Å². The lowest BCUT2D eigenvalue weighted by molar-refractivity contribution is 0.379. The summed E-state index contributed by atoms with van der Waals surface area (Å²) in [6, 6.07) is 4.32. The molecule has 1 fully saturated rings. The van der Waals surface area contributed by atoms with E-state index < -0.39 is 0 Å². The van der Waals surface area contributed by atoms with E-state index in [-0.39, 0.29) is 0 Å². The number of ether oxygens (including phenoxy) is 2. The lowest BCUT2D eigenvalue weighted by Crippen LogP contribution is -2.24. The summed E-state index contributed by atoms with van der Waals surface area (Å²) in [5.74, 6) is 2.10. The van der Waals surface area contributed by atoms with E-state index in [0.717, 1.165) is 24.3 Å². The van der Waals surface area contributed by atoms with Crippen LogP contribution in [0.4, 0.5) is 0 Å². The van der Waals surface area contributed by atoms with Crippen LogP contribution < -0.4 is 14.8 Å². The van der Waals surface area contributed by atoms with Crippen LogP contribution in [0.2, 0.25) is 5.02 Å². The maximum Gasteiger partial charge on any atom is 0.146 e. The first-order chi connectivity index (χ1) is 9.22. The van der Waals surface area contributed by atoms with Crippen molar-refractivity contribution in [1.29, 1.82) is 0 Å². The minimum absolute atomic E-state index is 0.332. The monoisotopic (exact) mass is 283 g/mol. The van der Waals surface area contributed by atoms with Gasteiger partial charge < -0.3 is 14.8 Å². The fraction of sp³-hybridized carbons (Fsp3) is 0.600. The number of hydrogen-bond donors (Lipinski definition) is 1. The van der Waals surface area contributed by atoms with E-state index >= 15 is 0 Å². The molecule has 1 unspecified atom stereocenters. The second-order valence-electron chi connectivity index (χ2n) is 4.97. The van der Waals surface area contributed by atoms with Gasteiger partial charge in [0.1, 0.15) is 16.5 Å². The Bertz CT molecular complexity index is 432. The average molecular weight is 284 g/mol. The van der Waals surface area contributed by atoms with Crippen LogP contribution in [0.25, 0.3) is 0 Å². The molecule has 2 rings (SSSR count). The Hall–Kier alpha value is -0.930. The first-order valence-electron chi connectivity index (χ1n) is 6.86. The highest BCUT2D eigenvalue weighted by Crippen LogP contribution is 2.47. The summed E-state index contributed by atoms with van der Waals surface area (Å²) in [4.78, 5) is 0. The molecule has 0 amide bonds. The third-order valence-electron chi connectivity index (χ3n) is 3.56. The molecule has 1 aromatic carbocycles. The average Bonchev–Trinajstić information content (AvgIpc) is 3.24. The van der Waals surface area contributed by atoms with Gasteiger partial charge in [0.2, 0.25) is 0 Å². The molecule has 0 bridgehead atoms. The second-order valence-corrected chi connectivity index (χ2v) is 5.35. The number of hydrogen-bond acceptors (Lipinski definition) is 3. The van der Waals surface area contributed by atoms with Crippen LogP contribution in [0.15, 0.2) is 12.1 Å². The summed E-state index contributed by atoms with van der Waals surface area (Å²) in [6.45, 7) is 3.18. The minimum atomic E-state index is 0.332. The highest BCUT2D eigenvalue weighted by Gasteiger charge is 2.34. The van der Waals surface area contributed by atoms with Gasteiger partial charge in [0.15, 0.2) is 0 Å². The van der Waals surface area contributed by atoms with Gasteiger partial charge in [0, 0.05) is 11.6 Å². The summed E-state index contributed by atoms with van der Waals surface area (Å²) in [5.41, 5.74) is 1.14. The summed E-state index contributed by atoms with van der Waals surface area (Å²) in [5, 5.41) is 4.17. The summed E-state index contributed by atoms with van der Waals surface area (Å²) < 4.78 is 10.8. The van der Waals surface area contributed by atoms with Crippen LogP contribution in [0, 0.1) is 5.92 Å². The maximum atomic E-state index is 6.34. The molecule has 1 aliphatic rings. The van der Waals surface area contributed by atoms with Gasteiger partial charge in [0.05, 0.1) is 14.2 Å². The number of nitrogens with one attached hydrogen (secondary N) is 1. The Morgan fingerprint density at radius 2 is 2.05 bits per heavy atom. The van der Waals surface area contributed by atoms with E-state index in [1.54, 1.807) is 14.2 Å². The molecular weight excluding hydrogens is 262 g/mol. The molecule has 4 heteroatoms. The summed E-state index contributed by atoms with van der Waals surface area (Å²) in [6.07, 6.45) is 3.66. The van der Waals surface area contributed by atoms with Crippen molar-refractivity contribution in [3.05, 3.63) is 22.7 Å². The van der Waals surface area contributed by atoms with Gasteiger partial charge in [-0.3, -0.25) is 0 Å². The standard InChI is InChI=1S/C15H22ClNO2/c1-4-9-17-14(10-5-6-10)11-7-8-12(18-2)13(16)15(11)19-3/h7-8,10,14,17H,4-6,9H2,1-3H3. The predicted molar refractivity (Wildman–Crippen MR) is 78.3 cm³/mol. The molecule has 1 N–H and O–H groups in total. The minimum Gasteiger partial charge on any atom is -0.495 e. The topological polar surface area (TPSA) is 30.5 Å². The molecule has 1 atom stereocenters. The molecule has 1 aliphatic carbocycles. The SMILES string of the molecule is CCCNC(c1ccc(OC)c(Cl)c1OC)C1CC1. The summed E-state index contributed by atoms with van der Waals surface area (Å²) in [7, 11) is 3.28. The zero-order valence-electron chi connectivity index (χ0n) is 11.8. The van der Waals surface area contributed by atoms with E-state index in [0.29, 0.717) is 22.7 Å². The highest BCUT2D eigenvalue weighted by molar-refractivity contribution is 6.33. The van der Waals surface area contributed by atoms with Gasteiger partial charge in [-0.25, -0.2) is 0 Å². The fourth-order valence-electron chi connectivity index (χ4n) is 2.42. The number of benzene rings is 1. The van der Waals surface area contributed by atoms with Gasteiger partial charge in [-0.15, -0.1) is 0 Å². The van der Waals surface area contributed by atoms with Gasteiger partial charge in [-0.1, -0.05) is 18.5 Å². The molecule has 0 spiro atoms. The fourth-order valence-corrected chi connectivity index (χ4v) is 2.75. The van der Waals surface area contributed by atoms with E-state index in [1.807, 2.05) is 6.07 Å². The molecule has 106 valence electrons. The van der Waals surface area contributed by atoms with E-state index in [4.69, 9.17) is 21.1 Å². The Labute approximate surface area is 120 Å². The quantitative estimate of drug-likeness (QED) is 0.825.